The molecule has 24 heavy (non-hydrogen) atoms. The number of halogens is 2. The summed E-state index contributed by atoms with van der Waals surface area (Å²) < 4.78 is 37.2. The monoisotopic (exact) mass is 338 g/mol. The van der Waals surface area contributed by atoms with Crippen LogP contribution >= 0.6 is 0 Å². The van der Waals surface area contributed by atoms with Crippen LogP contribution in [0.1, 0.15) is 40.4 Å². The van der Waals surface area contributed by atoms with E-state index in [0.29, 0.717) is 11.8 Å². The van der Waals surface area contributed by atoms with Gasteiger partial charge in [0.1, 0.15) is 11.6 Å². The Morgan fingerprint density at radius 1 is 1.17 bits per heavy atom. The molecule has 0 saturated carbocycles. The van der Waals surface area contributed by atoms with Crippen LogP contribution in [0, 0.1) is 11.6 Å². The van der Waals surface area contributed by atoms with E-state index >= 15 is 0 Å². The number of hydrogen-bond acceptors (Lipinski definition) is 4. The Morgan fingerprint density at radius 3 is 2.38 bits per heavy atom. The number of hydrogen-bond donors (Lipinski definition) is 1. The first-order valence-electron chi connectivity index (χ1n) is 7.42. The van der Waals surface area contributed by atoms with Crippen LogP contribution in [0.15, 0.2) is 28.8 Å². The zero-order valence-electron chi connectivity index (χ0n) is 14.2. The van der Waals surface area contributed by atoms with Crippen molar-refractivity contribution in [2.45, 2.75) is 45.6 Å². The first-order valence-corrected chi connectivity index (χ1v) is 7.42. The first kappa shape index (κ1) is 17.9. The van der Waals surface area contributed by atoms with Gasteiger partial charge in [-0.05, 0) is 26.0 Å². The van der Waals surface area contributed by atoms with Crippen LogP contribution in [0.4, 0.5) is 14.6 Å². The van der Waals surface area contributed by atoms with E-state index < -0.39 is 23.1 Å². The SMILES string of the molecule is CC(C)(Oc1ccc(F)cc1F)C(=O)Nc1cc(C(C)(C)C)on1. The van der Waals surface area contributed by atoms with E-state index in [4.69, 9.17) is 9.26 Å². The summed E-state index contributed by atoms with van der Waals surface area (Å²) in [4.78, 5) is 12.4. The van der Waals surface area contributed by atoms with Crippen LogP contribution in [0.5, 0.6) is 5.75 Å². The van der Waals surface area contributed by atoms with Gasteiger partial charge in [0.25, 0.3) is 5.91 Å². The number of nitrogens with one attached hydrogen (secondary N) is 1. The van der Waals surface area contributed by atoms with Crippen molar-refractivity contribution in [3.8, 4) is 5.75 Å². The van der Waals surface area contributed by atoms with Crippen molar-refractivity contribution in [2.24, 2.45) is 0 Å². The number of benzene rings is 1. The second kappa shape index (κ2) is 6.22. The van der Waals surface area contributed by atoms with Gasteiger partial charge in [0.2, 0.25) is 0 Å². The summed E-state index contributed by atoms with van der Waals surface area (Å²) >= 11 is 0. The van der Waals surface area contributed by atoms with Crippen LogP contribution in [0.3, 0.4) is 0 Å². The molecule has 1 heterocycles. The Bertz CT molecular complexity index is 749. The number of amides is 1. The lowest BCUT2D eigenvalue weighted by Gasteiger charge is -2.24. The van der Waals surface area contributed by atoms with Crippen molar-refractivity contribution in [3.05, 3.63) is 41.7 Å². The van der Waals surface area contributed by atoms with E-state index in [9.17, 15) is 13.6 Å². The van der Waals surface area contributed by atoms with Gasteiger partial charge in [-0.1, -0.05) is 25.9 Å². The summed E-state index contributed by atoms with van der Waals surface area (Å²) in [6.07, 6.45) is 0. The third kappa shape index (κ3) is 4.10. The van der Waals surface area contributed by atoms with Crippen LogP contribution in [-0.4, -0.2) is 16.7 Å². The fourth-order valence-electron chi connectivity index (χ4n) is 1.83. The second-order valence-electron chi connectivity index (χ2n) is 6.97. The van der Waals surface area contributed by atoms with Gasteiger partial charge in [0.05, 0.1) is 0 Å². The summed E-state index contributed by atoms with van der Waals surface area (Å²) in [5, 5.41) is 6.35. The molecule has 1 amide bonds. The molecule has 0 aliphatic rings. The molecule has 0 radical (unpaired) electrons. The second-order valence-corrected chi connectivity index (χ2v) is 6.97. The smallest absolute Gasteiger partial charge is 0.269 e. The lowest BCUT2D eigenvalue weighted by Crippen LogP contribution is -2.42. The van der Waals surface area contributed by atoms with Crippen LogP contribution < -0.4 is 10.1 Å². The molecule has 5 nitrogen and oxygen atoms in total. The fourth-order valence-corrected chi connectivity index (χ4v) is 1.83. The minimum Gasteiger partial charge on any atom is -0.475 e. The van der Waals surface area contributed by atoms with Gasteiger partial charge in [0, 0.05) is 17.5 Å². The first-order chi connectivity index (χ1) is 11.0. The number of nitrogens with zero attached hydrogens (tertiary/aromatic N) is 1. The van der Waals surface area contributed by atoms with E-state index in [1.54, 1.807) is 6.07 Å². The van der Waals surface area contributed by atoms with E-state index in [1.165, 1.54) is 13.8 Å². The third-order valence-corrected chi connectivity index (χ3v) is 3.30. The van der Waals surface area contributed by atoms with Crippen molar-refractivity contribution >= 4 is 11.7 Å². The molecule has 7 heteroatoms. The highest BCUT2D eigenvalue weighted by Gasteiger charge is 2.32. The Labute approximate surface area is 139 Å². The Balaban J connectivity index is 2.11. The van der Waals surface area contributed by atoms with Gasteiger partial charge >= 0.3 is 0 Å². The van der Waals surface area contributed by atoms with Crippen molar-refractivity contribution in [2.75, 3.05) is 5.32 Å². The molecule has 0 saturated heterocycles. The number of carbonyl (C=O) groups excluding carboxylic acids is 1. The molecule has 1 aromatic heterocycles. The van der Waals surface area contributed by atoms with Gasteiger partial charge in [-0.15, -0.1) is 0 Å². The predicted molar refractivity (Wildman–Crippen MR) is 84.9 cm³/mol. The lowest BCUT2D eigenvalue weighted by atomic mass is 9.93. The molecule has 0 atom stereocenters. The molecule has 2 rings (SSSR count). The highest BCUT2D eigenvalue weighted by atomic mass is 19.1. The summed E-state index contributed by atoms with van der Waals surface area (Å²) in [5.74, 6) is -1.51. The summed E-state index contributed by atoms with van der Waals surface area (Å²) in [7, 11) is 0. The molecule has 1 aromatic carbocycles. The zero-order valence-corrected chi connectivity index (χ0v) is 14.2. The quantitative estimate of drug-likeness (QED) is 0.913. The Hall–Kier alpha value is -2.44. The highest BCUT2D eigenvalue weighted by Crippen LogP contribution is 2.26. The normalized spacial score (nSPS) is 12.1. The van der Waals surface area contributed by atoms with E-state index in [-0.39, 0.29) is 17.0 Å². The third-order valence-electron chi connectivity index (χ3n) is 3.30. The minimum absolute atomic E-state index is 0.216. The highest BCUT2D eigenvalue weighted by molar-refractivity contribution is 5.96. The molecule has 0 spiro atoms. The standard InChI is InChI=1S/C17H20F2N2O3/c1-16(2,3)13-9-14(21-24-13)20-15(22)17(4,5)23-12-7-6-10(18)8-11(12)19/h6-9H,1-5H3,(H,20,21,22). The topological polar surface area (TPSA) is 64.4 Å². The van der Waals surface area contributed by atoms with Crippen molar-refractivity contribution < 1.29 is 22.8 Å². The number of ether oxygens (including phenoxy) is 1. The largest absolute Gasteiger partial charge is 0.475 e. The minimum atomic E-state index is -1.40. The van der Waals surface area contributed by atoms with Gasteiger partial charge in [0.15, 0.2) is 23.0 Å². The van der Waals surface area contributed by atoms with Gasteiger partial charge in [-0.3, -0.25) is 4.79 Å². The van der Waals surface area contributed by atoms with Crippen molar-refractivity contribution in [3.63, 3.8) is 0 Å². The number of aromatic nitrogens is 1. The zero-order chi connectivity index (χ0) is 18.1. The average Bonchev–Trinajstić information content (AvgIpc) is 2.90. The van der Waals surface area contributed by atoms with Crippen LogP contribution in [-0.2, 0) is 10.2 Å². The molecule has 0 aliphatic carbocycles. The van der Waals surface area contributed by atoms with E-state index in [2.05, 4.69) is 10.5 Å². The van der Waals surface area contributed by atoms with Crippen LogP contribution in [0.2, 0.25) is 0 Å². The maximum Gasteiger partial charge on any atom is 0.269 e. The molecule has 1 N–H and O–H groups in total. The van der Waals surface area contributed by atoms with Crippen molar-refractivity contribution in [1.82, 2.24) is 5.16 Å². The predicted octanol–water partition coefficient (Wildman–Crippen LogP) is 4.05. The summed E-state index contributed by atoms with van der Waals surface area (Å²) in [6.45, 7) is 8.78. The van der Waals surface area contributed by atoms with Gasteiger partial charge in [-0.2, -0.15) is 0 Å². The Morgan fingerprint density at radius 2 is 1.83 bits per heavy atom. The molecule has 130 valence electrons. The number of rotatable bonds is 4. The molecule has 0 bridgehead atoms. The Kier molecular flexibility index (Phi) is 4.64. The average molecular weight is 338 g/mol. The number of carbonyl (C=O) groups is 1. The molecule has 0 unspecified atom stereocenters. The van der Waals surface area contributed by atoms with E-state index in [1.807, 2.05) is 20.8 Å². The molecule has 0 fully saturated rings. The molecular weight excluding hydrogens is 318 g/mol. The van der Waals surface area contributed by atoms with Crippen molar-refractivity contribution in [1.29, 1.82) is 0 Å². The molecular formula is C17H20F2N2O3. The van der Waals surface area contributed by atoms with Gasteiger partial charge in [-0.25, -0.2) is 8.78 Å². The van der Waals surface area contributed by atoms with Gasteiger partial charge < -0.3 is 14.6 Å². The molecule has 0 aliphatic heterocycles. The lowest BCUT2D eigenvalue weighted by molar-refractivity contribution is -0.128. The fraction of sp³-hybridized carbons (Fsp3) is 0.412. The maximum absolute atomic E-state index is 13.7. The molecule has 2 aromatic rings. The van der Waals surface area contributed by atoms with Crippen LogP contribution in [0.25, 0.3) is 0 Å². The number of anilines is 1. The summed E-state index contributed by atoms with van der Waals surface area (Å²) in [5.41, 5.74) is -1.65. The maximum atomic E-state index is 13.7. The summed E-state index contributed by atoms with van der Waals surface area (Å²) in [6, 6.07) is 4.50. The van der Waals surface area contributed by atoms with E-state index in [0.717, 1.165) is 12.1 Å².